The van der Waals surface area contributed by atoms with Crippen molar-refractivity contribution in [2.75, 3.05) is 26.6 Å². The van der Waals surface area contributed by atoms with Crippen LogP contribution in [0.1, 0.15) is 10.4 Å². The van der Waals surface area contributed by atoms with Gasteiger partial charge in [0.2, 0.25) is 11.6 Å². The van der Waals surface area contributed by atoms with Crippen LogP contribution in [-0.2, 0) is 0 Å². The van der Waals surface area contributed by atoms with E-state index in [0.29, 0.717) is 45.5 Å². The molecule has 34 heavy (non-hydrogen) atoms. The Hall–Kier alpha value is -4.52. The van der Waals surface area contributed by atoms with E-state index in [0.717, 1.165) is 16.3 Å². The van der Waals surface area contributed by atoms with Crippen LogP contribution in [0.2, 0.25) is 0 Å². The van der Waals surface area contributed by atoms with E-state index in [2.05, 4.69) is 5.32 Å². The fourth-order valence-electron chi connectivity index (χ4n) is 3.96. The molecule has 5 rings (SSSR count). The van der Waals surface area contributed by atoms with Gasteiger partial charge in [-0.2, -0.15) is 0 Å². The number of amides is 1. The van der Waals surface area contributed by atoms with E-state index >= 15 is 0 Å². The van der Waals surface area contributed by atoms with Crippen molar-refractivity contribution in [2.24, 2.45) is 0 Å². The summed E-state index contributed by atoms with van der Waals surface area (Å²) in [5, 5.41) is 5.05. The van der Waals surface area contributed by atoms with Crippen molar-refractivity contribution >= 4 is 33.5 Å². The minimum Gasteiger partial charge on any atom is -0.493 e. The van der Waals surface area contributed by atoms with E-state index in [9.17, 15) is 4.79 Å². The third-order valence-corrected chi connectivity index (χ3v) is 5.62. The van der Waals surface area contributed by atoms with Crippen LogP contribution in [-0.4, -0.2) is 32.2 Å². The van der Waals surface area contributed by atoms with Crippen molar-refractivity contribution in [3.8, 4) is 28.7 Å². The second kappa shape index (κ2) is 8.78. The van der Waals surface area contributed by atoms with Crippen molar-refractivity contribution in [3.63, 3.8) is 0 Å². The molecule has 1 amide bonds. The molecule has 1 aromatic heterocycles. The Kier molecular flexibility index (Phi) is 5.51. The van der Waals surface area contributed by atoms with Crippen molar-refractivity contribution in [1.29, 1.82) is 0 Å². The number of oxazole rings is 1. The highest BCUT2D eigenvalue weighted by Crippen LogP contribution is 2.39. The van der Waals surface area contributed by atoms with Crippen LogP contribution in [0.25, 0.3) is 33.3 Å². The number of methoxy groups -OCH3 is 3. The summed E-state index contributed by atoms with van der Waals surface area (Å²) in [6.07, 6.45) is 0. The molecule has 0 saturated carbocycles. The predicted molar refractivity (Wildman–Crippen MR) is 131 cm³/mol. The van der Waals surface area contributed by atoms with Gasteiger partial charge in [0.25, 0.3) is 5.91 Å². The van der Waals surface area contributed by atoms with Crippen LogP contribution in [0.3, 0.4) is 0 Å². The Labute approximate surface area is 195 Å². The lowest BCUT2D eigenvalue weighted by molar-refractivity contribution is 0.102. The first kappa shape index (κ1) is 21.3. The summed E-state index contributed by atoms with van der Waals surface area (Å²) < 4.78 is 22.2. The Morgan fingerprint density at radius 2 is 1.56 bits per heavy atom. The lowest BCUT2D eigenvalue weighted by Crippen LogP contribution is -2.13. The van der Waals surface area contributed by atoms with Gasteiger partial charge in [0, 0.05) is 10.9 Å². The molecule has 1 heterocycles. The highest BCUT2D eigenvalue weighted by molar-refractivity contribution is 6.07. The molecular formula is C27H22N2O5. The standard InChI is InChI=1S/C27H22N2O5/c1-31-22-14-17(15-23(32-2)25(22)33-3)26(30)28-20-11-7-6-10-19(20)27-29-24-18-9-5-4-8-16(18)12-13-21(24)34-27/h4-15H,1-3H3,(H,28,30). The van der Waals surface area contributed by atoms with Gasteiger partial charge < -0.3 is 23.9 Å². The third kappa shape index (κ3) is 3.67. The van der Waals surface area contributed by atoms with Gasteiger partial charge in [-0.15, -0.1) is 0 Å². The topological polar surface area (TPSA) is 82.8 Å². The summed E-state index contributed by atoms with van der Waals surface area (Å²) >= 11 is 0. The van der Waals surface area contributed by atoms with Crippen molar-refractivity contribution in [1.82, 2.24) is 4.98 Å². The van der Waals surface area contributed by atoms with E-state index in [-0.39, 0.29) is 5.91 Å². The second-order valence-electron chi connectivity index (χ2n) is 7.57. The Morgan fingerprint density at radius 3 is 2.29 bits per heavy atom. The number of nitrogens with one attached hydrogen (secondary N) is 1. The zero-order chi connectivity index (χ0) is 23.7. The maximum Gasteiger partial charge on any atom is 0.255 e. The predicted octanol–water partition coefficient (Wildman–Crippen LogP) is 5.93. The van der Waals surface area contributed by atoms with Gasteiger partial charge >= 0.3 is 0 Å². The molecule has 0 spiro atoms. The molecule has 0 fully saturated rings. The van der Waals surface area contributed by atoms with Crippen molar-refractivity contribution in [3.05, 3.63) is 78.4 Å². The summed E-state index contributed by atoms with van der Waals surface area (Å²) in [5.41, 5.74) is 3.05. The number of carbonyl (C=O) groups excluding carboxylic acids is 1. The van der Waals surface area contributed by atoms with Gasteiger partial charge in [-0.25, -0.2) is 4.98 Å². The first-order valence-corrected chi connectivity index (χ1v) is 10.6. The Bertz CT molecular complexity index is 1500. The molecule has 0 aliphatic rings. The molecule has 0 saturated heterocycles. The van der Waals surface area contributed by atoms with Crippen molar-refractivity contribution in [2.45, 2.75) is 0 Å². The van der Waals surface area contributed by atoms with E-state index < -0.39 is 0 Å². The summed E-state index contributed by atoms with van der Waals surface area (Å²) in [5.74, 6) is 1.29. The number of hydrogen-bond donors (Lipinski definition) is 1. The Balaban J connectivity index is 1.53. The number of nitrogens with zero attached hydrogens (tertiary/aromatic N) is 1. The maximum absolute atomic E-state index is 13.2. The highest BCUT2D eigenvalue weighted by Gasteiger charge is 2.19. The highest BCUT2D eigenvalue weighted by atomic mass is 16.5. The zero-order valence-electron chi connectivity index (χ0n) is 18.9. The largest absolute Gasteiger partial charge is 0.493 e. The fourth-order valence-corrected chi connectivity index (χ4v) is 3.96. The fraction of sp³-hybridized carbons (Fsp3) is 0.111. The molecular weight excluding hydrogens is 432 g/mol. The summed E-state index contributed by atoms with van der Waals surface area (Å²) in [6, 6.07) is 22.5. The molecule has 0 atom stereocenters. The molecule has 5 aromatic rings. The molecule has 1 N–H and O–H groups in total. The van der Waals surface area contributed by atoms with E-state index in [4.69, 9.17) is 23.6 Å². The van der Waals surface area contributed by atoms with Crippen LogP contribution in [0, 0.1) is 0 Å². The number of rotatable bonds is 6. The minimum absolute atomic E-state index is 0.340. The number of para-hydroxylation sites is 1. The number of benzene rings is 4. The average molecular weight is 454 g/mol. The normalized spacial score (nSPS) is 10.9. The molecule has 170 valence electrons. The monoisotopic (exact) mass is 454 g/mol. The first-order valence-electron chi connectivity index (χ1n) is 10.6. The summed E-state index contributed by atoms with van der Waals surface area (Å²) in [6.45, 7) is 0. The average Bonchev–Trinajstić information content (AvgIpc) is 3.32. The molecule has 4 aromatic carbocycles. The number of carbonyl (C=O) groups is 1. The number of aromatic nitrogens is 1. The summed E-state index contributed by atoms with van der Waals surface area (Å²) in [4.78, 5) is 17.9. The number of anilines is 1. The maximum atomic E-state index is 13.2. The molecule has 0 aliphatic heterocycles. The van der Waals surface area contributed by atoms with Crippen LogP contribution in [0.4, 0.5) is 5.69 Å². The minimum atomic E-state index is -0.340. The van der Waals surface area contributed by atoms with Gasteiger partial charge in [0.1, 0.15) is 5.52 Å². The second-order valence-corrected chi connectivity index (χ2v) is 7.57. The third-order valence-electron chi connectivity index (χ3n) is 5.62. The zero-order valence-corrected chi connectivity index (χ0v) is 18.9. The van der Waals surface area contributed by atoms with E-state index in [1.807, 2.05) is 54.6 Å². The number of ether oxygens (including phenoxy) is 3. The molecule has 7 heteroatoms. The van der Waals surface area contributed by atoms with E-state index in [1.54, 1.807) is 18.2 Å². The molecule has 7 nitrogen and oxygen atoms in total. The quantitative estimate of drug-likeness (QED) is 0.343. The SMILES string of the molecule is COc1cc(C(=O)Nc2ccccc2-c2nc3c(ccc4ccccc43)o2)cc(OC)c1OC. The lowest BCUT2D eigenvalue weighted by Gasteiger charge is -2.14. The van der Waals surface area contributed by atoms with Crippen LogP contribution in [0.5, 0.6) is 17.2 Å². The lowest BCUT2D eigenvalue weighted by atomic mass is 10.1. The van der Waals surface area contributed by atoms with Crippen LogP contribution in [0.15, 0.2) is 77.2 Å². The molecule has 0 bridgehead atoms. The summed E-state index contributed by atoms with van der Waals surface area (Å²) in [7, 11) is 4.52. The van der Waals surface area contributed by atoms with Gasteiger partial charge in [-0.1, -0.05) is 42.5 Å². The van der Waals surface area contributed by atoms with Crippen LogP contribution >= 0.6 is 0 Å². The first-order chi connectivity index (χ1) is 16.6. The Morgan fingerprint density at radius 1 is 0.853 bits per heavy atom. The smallest absolute Gasteiger partial charge is 0.255 e. The van der Waals surface area contributed by atoms with Gasteiger partial charge in [-0.05, 0) is 35.7 Å². The van der Waals surface area contributed by atoms with E-state index in [1.165, 1.54) is 21.3 Å². The van der Waals surface area contributed by atoms with Crippen molar-refractivity contribution < 1.29 is 23.4 Å². The molecule has 0 radical (unpaired) electrons. The molecule has 0 aliphatic carbocycles. The number of hydrogen-bond acceptors (Lipinski definition) is 6. The number of fused-ring (bicyclic) bond motifs is 3. The van der Waals surface area contributed by atoms with Gasteiger partial charge in [-0.3, -0.25) is 4.79 Å². The molecule has 0 unspecified atom stereocenters. The van der Waals surface area contributed by atoms with Gasteiger partial charge in [0.05, 0.1) is 32.6 Å². The van der Waals surface area contributed by atoms with Crippen LogP contribution < -0.4 is 19.5 Å². The van der Waals surface area contributed by atoms with Gasteiger partial charge in [0.15, 0.2) is 17.1 Å².